The smallest absolute Gasteiger partial charge is 0.310 e. The molecule has 0 saturated heterocycles. The van der Waals surface area contributed by atoms with E-state index in [0.717, 1.165) is 22.1 Å². The van der Waals surface area contributed by atoms with Crippen molar-refractivity contribution in [1.29, 1.82) is 0 Å². The summed E-state index contributed by atoms with van der Waals surface area (Å²) < 4.78 is 31.5. The number of benzene rings is 2. The molecule has 7 heteroatoms. The van der Waals surface area contributed by atoms with Crippen LogP contribution >= 0.6 is 11.6 Å². The van der Waals surface area contributed by atoms with Crippen LogP contribution in [0.2, 0.25) is 5.02 Å². The van der Waals surface area contributed by atoms with E-state index in [2.05, 4.69) is 4.72 Å². The van der Waals surface area contributed by atoms with Gasteiger partial charge in [-0.15, -0.1) is 0 Å². The Morgan fingerprint density at radius 3 is 2.33 bits per heavy atom. The van der Waals surface area contributed by atoms with Gasteiger partial charge in [-0.1, -0.05) is 48.0 Å². The minimum absolute atomic E-state index is 0.232. The highest BCUT2D eigenvalue weighted by atomic mass is 35.5. The SMILES string of the molecule is CCOC(=O)Cc1ccc(CCNS(=O)(=O)/C=C/c2ccc(Cl)cc2)cc1. The van der Waals surface area contributed by atoms with Gasteiger partial charge in [-0.05, 0) is 48.2 Å². The number of carbonyl (C=O) groups excluding carboxylic acids is 1. The molecule has 0 bridgehead atoms. The van der Waals surface area contributed by atoms with E-state index in [4.69, 9.17) is 16.3 Å². The largest absolute Gasteiger partial charge is 0.466 e. The van der Waals surface area contributed by atoms with E-state index in [1.165, 1.54) is 6.08 Å². The maximum Gasteiger partial charge on any atom is 0.310 e. The molecule has 0 unspecified atom stereocenters. The molecule has 1 N–H and O–H groups in total. The Morgan fingerprint density at radius 2 is 1.70 bits per heavy atom. The van der Waals surface area contributed by atoms with E-state index >= 15 is 0 Å². The van der Waals surface area contributed by atoms with Crippen LogP contribution < -0.4 is 4.72 Å². The number of ether oxygens (including phenoxy) is 1. The second-order valence-electron chi connectivity index (χ2n) is 5.84. The Hall–Kier alpha value is -2.15. The quantitative estimate of drug-likeness (QED) is 0.645. The van der Waals surface area contributed by atoms with Gasteiger partial charge in [-0.25, -0.2) is 13.1 Å². The van der Waals surface area contributed by atoms with Crippen LogP contribution in [0.15, 0.2) is 53.9 Å². The van der Waals surface area contributed by atoms with Crippen molar-refractivity contribution in [3.63, 3.8) is 0 Å². The number of nitrogens with one attached hydrogen (secondary N) is 1. The summed E-state index contributed by atoms with van der Waals surface area (Å²) >= 11 is 5.80. The first-order chi connectivity index (χ1) is 12.9. The van der Waals surface area contributed by atoms with Crippen molar-refractivity contribution in [2.75, 3.05) is 13.2 Å². The number of rotatable bonds is 9. The van der Waals surface area contributed by atoms with Crippen LogP contribution in [0.4, 0.5) is 0 Å². The Labute approximate surface area is 165 Å². The van der Waals surface area contributed by atoms with Crippen LogP contribution in [0.1, 0.15) is 23.6 Å². The molecule has 0 aliphatic heterocycles. The fraction of sp³-hybridized carbons (Fsp3) is 0.250. The predicted octanol–water partition coefficient (Wildman–Crippen LogP) is 3.58. The van der Waals surface area contributed by atoms with E-state index < -0.39 is 10.0 Å². The first-order valence-electron chi connectivity index (χ1n) is 8.55. The molecule has 0 radical (unpaired) electrons. The van der Waals surface area contributed by atoms with E-state index in [0.29, 0.717) is 18.1 Å². The first-order valence-corrected chi connectivity index (χ1v) is 10.5. The first kappa shape index (κ1) is 21.2. The Bertz CT molecular complexity index is 875. The van der Waals surface area contributed by atoms with Gasteiger partial charge in [0.25, 0.3) is 0 Å². The topological polar surface area (TPSA) is 72.5 Å². The van der Waals surface area contributed by atoms with Crippen molar-refractivity contribution in [3.05, 3.63) is 75.7 Å². The average molecular weight is 408 g/mol. The highest BCUT2D eigenvalue weighted by Gasteiger charge is 2.06. The zero-order valence-electron chi connectivity index (χ0n) is 15.0. The van der Waals surface area contributed by atoms with Gasteiger partial charge in [0.05, 0.1) is 13.0 Å². The third-order valence-corrected chi connectivity index (χ3v) is 5.06. The van der Waals surface area contributed by atoms with E-state index in [9.17, 15) is 13.2 Å². The zero-order valence-corrected chi connectivity index (χ0v) is 16.6. The molecular weight excluding hydrogens is 386 g/mol. The lowest BCUT2D eigenvalue weighted by atomic mass is 10.1. The molecule has 2 rings (SSSR count). The molecule has 0 amide bonds. The van der Waals surface area contributed by atoms with Gasteiger partial charge < -0.3 is 4.74 Å². The minimum Gasteiger partial charge on any atom is -0.466 e. The van der Waals surface area contributed by atoms with Crippen molar-refractivity contribution >= 4 is 33.7 Å². The number of sulfonamides is 1. The molecule has 27 heavy (non-hydrogen) atoms. The highest BCUT2D eigenvalue weighted by Crippen LogP contribution is 2.11. The summed E-state index contributed by atoms with van der Waals surface area (Å²) in [6.45, 7) is 2.42. The summed E-state index contributed by atoms with van der Waals surface area (Å²) in [6, 6.07) is 14.3. The summed E-state index contributed by atoms with van der Waals surface area (Å²) in [5.41, 5.74) is 2.60. The standard InChI is InChI=1S/C20H22ClNO4S/c1-2-26-20(23)15-18-5-3-16(4-6-18)11-13-22-27(24,25)14-12-17-7-9-19(21)10-8-17/h3-10,12,14,22H,2,11,13,15H2,1H3/b14-12+. The average Bonchev–Trinajstić information content (AvgIpc) is 2.63. The van der Waals surface area contributed by atoms with Gasteiger partial charge in [0, 0.05) is 17.0 Å². The third-order valence-electron chi connectivity index (χ3n) is 3.70. The van der Waals surface area contributed by atoms with Crippen LogP contribution in [-0.2, 0) is 32.4 Å². The van der Waals surface area contributed by atoms with Gasteiger partial charge in [0.15, 0.2) is 0 Å². The molecule has 0 aromatic heterocycles. The van der Waals surface area contributed by atoms with Gasteiger partial charge in [0.2, 0.25) is 10.0 Å². The van der Waals surface area contributed by atoms with Crippen molar-refractivity contribution in [3.8, 4) is 0 Å². The molecule has 5 nitrogen and oxygen atoms in total. The Morgan fingerprint density at radius 1 is 1.07 bits per heavy atom. The number of halogens is 1. The highest BCUT2D eigenvalue weighted by molar-refractivity contribution is 7.92. The summed E-state index contributed by atoms with van der Waals surface area (Å²) in [5, 5.41) is 1.74. The Balaban J connectivity index is 1.82. The van der Waals surface area contributed by atoms with Crippen molar-refractivity contribution < 1.29 is 17.9 Å². The lowest BCUT2D eigenvalue weighted by Crippen LogP contribution is -2.23. The van der Waals surface area contributed by atoms with E-state index in [-0.39, 0.29) is 18.9 Å². The minimum atomic E-state index is -3.52. The summed E-state index contributed by atoms with van der Waals surface area (Å²) in [6.07, 6.45) is 2.30. The second-order valence-corrected chi connectivity index (χ2v) is 7.93. The lowest BCUT2D eigenvalue weighted by Gasteiger charge is -2.05. The van der Waals surface area contributed by atoms with Crippen LogP contribution in [0, 0.1) is 0 Å². The number of esters is 1. The normalized spacial score (nSPS) is 11.6. The monoisotopic (exact) mass is 407 g/mol. The van der Waals surface area contributed by atoms with Crippen molar-refractivity contribution in [2.45, 2.75) is 19.8 Å². The molecular formula is C20H22ClNO4S. The van der Waals surface area contributed by atoms with E-state index in [1.807, 2.05) is 24.3 Å². The third kappa shape index (κ3) is 7.95. The fourth-order valence-electron chi connectivity index (χ4n) is 2.33. The lowest BCUT2D eigenvalue weighted by molar-refractivity contribution is -0.142. The van der Waals surface area contributed by atoms with Crippen molar-refractivity contribution in [2.24, 2.45) is 0 Å². The molecule has 0 fully saturated rings. The predicted molar refractivity (Wildman–Crippen MR) is 108 cm³/mol. The molecule has 0 aliphatic rings. The molecule has 0 atom stereocenters. The van der Waals surface area contributed by atoms with Crippen LogP contribution in [0.25, 0.3) is 6.08 Å². The van der Waals surface area contributed by atoms with Crippen LogP contribution in [0.5, 0.6) is 0 Å². The summed E-state index contributed by atoms with van der Waals surface area (Å²) in [5.74, 6) is -0.259. The Kier molecular flexibility index (Phi) is 8.03. The summed E-state index contributed by atoms with van der Waals surface area (Å²) in [7, 11) is -3.52. The number of carbonyl (C=O) groups is 1. The maximum absolute atomic E-state index is 12.0. The van der Waals surface area contributed by atoms with Gasteiger partial charge in [-0.3, -0.25) is 4.79 Å². The number of hydrogen-bond donors (Lipinski definition) is 1. The second kappa shape index (κ2) is 10.3. The van der Waals surface area contributed by atoms with Crippen LogP contribution in [-0.4, -0.2) is 27.5 Å². The molecule has 2 aromatic carbocycles. The molecule has 0 aliphatic carbocycles. The fourth-order valence-corrected chi connectivity index (χ4v) is 3.28. The maximum atomic E-state index is 12.0. The molecule has 0 saturated carbocycles. The van der Waals surface area contributed by atoms with Gasteiger partial charge in [0.1, 0.15) is 0 Å². The number of hydrogen-bond acceptors (Lipinski definition) is 4. The van der Waals surface area contributed by atoms with Gasteiger partial charge in [-0.2, -0.15) is 0 Å². The van der Waals surface area contributed by atoms with Gasteiger partial charge >= 0.3 is 5.97 Å². The van der Waals surface area contributed by atoms with Crippen LogP contribution in [0.3, 0.4) is 0 Å². The van der Waals surface area contributed by atoms with Crippen molar-refractivity contribution in [1.82, 2.24) is 4.72 Å². The molecule has 144 valence electrons. The molecule has 0 heterocycles. The molecule has 2 aromatic rings. The zero-order chi connectivity index (χ0) is 19.7. The summed E-state index contributed by atoms with van der Waals surface area (Å²) in [4.78, 5) is 11.4. The molecule has 0 spiro atoms. The van der Waals surface area contributed by atoms with E-state index in [1.54, 1.807) is 31.2 Å².